The van der Waals surface area contributed by atoms with E-state index in [1.807, 2.05) is 6.07 Å². The summed E-state index contributed by atoms with van der Waals surface area (Å²) < 4.78 is 35.0. The molecule has 7 nitrogen and oxygen atoms in total. The van der Waals surface area contributed by atoms with Gasteiger partial charge in [-0.05, 0) is 31.5 Å². The molecule has 1 N–H and O–H groups in total. The van der Waals surface area contributed by atoms with Crippen molar-refractivity contribution in [1.82, 2.24) is 9.62 Å². The molecule has 8 heteroatoms. The number of benzene rings is 1. The molecule has 0 heterocycles. The lowest BCUT2D eigenvalue weighted by molar-refractivity contribution is -0.121. The van der Waals surface area contributed by atoms with Crippen LogP contribution in [0.1, 0.15) is 25.8 Å². The van der Waals surface area contributed by atoms with E-state index in [0.29, 0.717) is 18.0 Å². The second-order valence-electron chi connectivity index (χ2n) is 5.68. The fourth-order valence-electron chi connectivity index (χ4n) is 2.30. The van der Waals surface area contributed by atoms with Crippen LogP contribution in [0.2, 0.25) is 0 Å². The first kappa shape index (κ1) is 20.2. The van der Waals surface area contributed by atoms with Crippen LogP contribution in [0, 0.1) is 0 Å². The van der Waals surface area contributed by atoms with Gasteiger partial charge in [-0.1, -0.05) is 6.07 Å². The number of nitrogens with one attached hydrogen (secondary N) is 1. The molecule has 0 unspecified atom stereocenters. The van der Waals surface area contributed by atoms with Crippen LogP contribution in [0.4, 0.5) is 0 Å². The average molecular weight is 358 g/mol. The molecule has 0 fully saturated rings. The Balaban J connectivity index is 2.58. The van der Waals surface area contributed by atoms with Gasteiger partial charge in [-0.25, -0.2) is 8.42 Å². The van der Waals surface area contributed by atoms with Crippen molar-refractivity contribution in [3.8, 4) is 11.5 Å². The summed E-state index contributed by atoms with van der Waals surface area (Å²) in [6.45, 7) is 4.05. The van der Waals surface area contributed by atoms with E-state index in [1.165, 1.54) is 4.31 Å². The van der Waals surface area contributed by atoms with Crippen molar-refractivity contribution >= 4 is 15.9 Å². The van der Waals surface area contributed by atoms with Crippen LogP contribution in [0.5, 0.6) is 11.5 Å². The first-order valence-corrected chi connectivity index (χ1v) is 9.48. The zero-order valence-corrected chi connectivity index (χ0v) is 15.6. The number of nitrogens with zero attached hydrogens (tertiary/aromatic N) is 1. The van der Waals surface area contributed by atoms with Crippen molar-refractivity contribution in [3.05, 3.63) is 23.8 Å². The molecule has 0 atom stereocenters. The van der Waals surface area contributed by atoms with E-state index in [4.69, 9.17) is 9.47 Å². The van der Waals surface area contributed by atoms with Gasteiger partial charge in [0.15, 0.2) is 11.5 Å². The van der Waals surface area contributed by atoms with Gasteiger partial charge in [0, 0.05) is 25.6 Å². The molecular weight excluding hydrogens is 332 g/mol. The Morgan fingerprint density at radius 3 is 2.33 bits per heavy atom. The third-order valence-electron chi connectivity index (χ3n) is 3.50. The molecule has 0 aliphatic rings. The van der Waals surface area contributed by atoms with E-state index in [-0.39, 0.29) is 24.9 Å². The third kappa shape index (κ3) is 6.01. The fraction of sp³-hybridized carbons (Fsp3) is 0.562. The summed E-state index contributed by atoms with van der Waals surface area (Å²) in [5.41, 5.74) is 0.866. The van der Waals surface area contributed by atoms with Gasteiger partial charge >= 0.3 is 0 Å². The molecule has 0 spiro atoms. The largest absolute Gasteiger partial charge is 0.493 e. The second kappa shape index (κ2) is 8.89. The van der Waals surface area contributed by atoms with Gasteiger partial charge < -0.3 is 14.8 Å². The number of rotatable bonds is 9. The minimum atomic E-state index is -3.32. The smallest absolute Gasteiger partial charge is 0.221 e. The number of ether oxygens (including phenoxy) is 2. The van der Waals surface area contributed by atoms with Crippen molar-refractivity contribution in [2.45, 2.75) is 32.9 Å². The standard InChI is InChI=1S/C16H26N2O5S/c1-12(2)18(24(5,20)21)9-8-16(19)17-11-13-6-7-14(22-3)15(10-13)23-4/h6-7,10,12H,8-9,11H2,1-5H3,(H,17,19). The van der Waals surface area contributed by atoms with E-state index < -0.39 is 10.0 Å². The van der Waals surface area contributed by atoms with Crippen molar-refractivity contribution in [2.75, 3.05) is 27.0 Å². The van der Waals surface area contributed by atoms with Gasteiger partial charge in [0.2, 0.25) is 15.9 Å². The molecule has 0 bridgehead atoms. The van der Waals surface area contributed by atoms with Gasteiger partial charge in [0.05, 0.1) is 20.5 Å². The summed E-state index contributed by atoms with van der Waals surface area (Å²) in [5.74, 6) is 1.000. The third-order valence-corrected chi connectivity index (χ3v) is 4.96. The number of carbonyl (C=O) groups is 1. The Morgan fingerprint density at radius 1 is 1.21 bits per heavy atom. The normalized spacial score (nSPS) is 11.6. The SMILES string of the molecule is COc1ccc(CNC(=O)CCN(C(C)C)S(C)(=O)=O)cc1OC. The molecule has 0 aromatic heterocycles. The Kier molecular flexibility index (Phi) is 7.50. The summed E-state index contributed by atoms with van der Waals surface area (Å²) in [4.78, 5) is 12.0. The van der Waals surface area contributed by atoms with Gasteiger partial charge in [0.1, 0.15) is 0 Å². The fourth-order valence-corrected chi connectivity index (χ4v) is 3.49. The van der Waals surface area contributed by atoms with Gasteiger partial charge in [-0.15, -0.1) is 0 Å². The summed E-state index contributed by atoms with van der Waals surface area (Å²) in [7, 11) is -0.216. The number of sulfonamides is 1. The topological polar surface area (TPSA) is 84.9 Å². The Morgan fingerprint density at radius 2 is 1.83 bits per heavy atom. The minimum absolute atomic E-state index is 0.110. The second-order valence-corrected chi connectivity index (χ2v) is 7.62. The predicted molar refractivity (Wildman–Crippen MR) is 92.7 cm³/mol. The van der Waals surface area contributed by atoms with E-state index in [2.05, 4.69) is 5.32 Å². The highest BCUT2D eigenvalue weighted by Gasteiger charge is 2.20. The predicted octanol–water partition coefficient (Wildman–Crippen LogP) is 1.38. The molecular formula is C16H26N2O5S. The highest BCUT2D eigenvalue weighted by Crippen LogP contribution is 2.27. The summed E-state index contributed by atoms with van der Waals surface area (Å²) in [6.07, 6.45) is 1.26. The number of methoxy groups -OCH3 is 2. The Labute approximate surface area is 144 Å². The van der Waals surface area contributed by atoms with Crippen LogP contribution in [-0.2, 0) is 21.4 Å². The van der Waals surface area contributed by atoms with Gasteiger partial charge in [0.25, 0.3) is 0 Å². The average Bonchev–Trinajstić information content (AvgIpc) is 2.51. The molecule has 0 radical (unpaired) electrons. The number of amides is 1. The summed E-state index contributed by atoms with van der Waals surface area (Å²) >= 11 is 0. The molecule has 136 valence electrons. The first-order valence-electron chi connectivity index (χ1n) is 7.63. The maximum Gasteiger partial charge on any atom is 0.221 e. The summed E-state index contributed by atoms with van der Waals surface area (Å²) in [5, 5.41) is 2.78. The van der Waals surface area contributed by atoms with Crippen molar-refractivity contribution < 1.29 is 22.7 Å². The van der Waals surface area contributed by atoms with Gasteiger partial charge in [-0.2, -0.15) is 4.31 Å². The lowest BCUT2D eigenvalue weighted by Gasteiger charge is -2.23. The first-order chi connectivity index (χ1) is 11.2. The monoisotopic (exact) mass is 358 g/mol. The van der Waals surface area contributed by atoms with Crippen molar-refractivity contribution in [1.29, 1.82) is 0 Å². The molecule has 24 heavy (non-hydrogen) atoms. The van der Waals surface area contributed by atoms with Crippen LogP contribution in [-0.4, -0.2) is 51.7 Å². The molecule has 1 aromatic carbocycles. The van der Waals surface area contributed by atoms with Crippen molar-refractivity contribution in [3.63, 3.8) is 0 Å². The maximum absolute atomic E-state index is 12.0. The van der Waals surface area contributed by atoms with E-state index in [0.717, 1.165) is 11.8 Å². The van der Waals surface area contributed by atoms with E-state index >= 15 is 0 Å². The van der Waals surface area contributed by atoms with E-state index in [9.17, 15) is 13.2 Å². The van der Waals surface area contributed by atoms with Crippen LogP contribution in [0.25, 0.3) is 0 Å². The Bertz CT molecular complexity index is 658. The van der Waals surface area contributed by atoms with Crippen molar-refractivity contribution in [2.24, 2.45) is 0 Å². The van der Waals surface area contributed by atoms with Gasteiger partial charge in [-0.3, -0.25) is 4.79 Å². The highest BCUT2D eigenvalue weighted by molar-refractivity contribution is 7.88. The number of carbonyl (C=O) groups excluding carboxylic acids is 1. The lowest BCUT2D eigenvalue weighted by Crippen LogP contribution is -2.39. The highest BCUT2D eigenvalue weighted by atomic mass is 32.2. The quantitative estimate of drug-likeness (QED) is 0.721. The molecule has 0 saturated heterocycles. The zero-order valence-electron chi connectivity index (χ0n) is 14.8. The zero-order chi connectivity index (χ0) is 18.3. The maximum atomic E-state index is 12.0. The van der Waals surface area contributed by atoms with E-state index in [1.54, 1.807) is 40.2 Å². The minimum Gasteiger partial charge on any atom is -0.493 e. The molecule has 0 aliphatic heterocycles. The molecule has 0 saturated carbocycles. The number of hydrogen-bond donors (Lipinski definition) is 1. The lowest BCUT2D eigenvalue weighted by atomic mass is 10.2. The molecule has 0 aliphatic carbocycles. The summed E-state index contributed by atoms with van der Waals surface area (Å²) in [6, 6.07) is 5.21. The van der Waals surface area contributed by atoms with Crippen LogP contribution < -0.4 is 14.8 Å². The number of hydrogen-bond acceptors (Lipinski definition) is 5. The molecule has 1 rings (SSSR count). The molecule has 1 aromatic rings. The molecule has 1 amide bonds. The van der Waals surface area contributed by atoms with Crippen LogP contribution in [0.15, 0.2) is 18.2 Å². The Hall–Kier alpha value is -1.80. The van der Waals surface area contributed by atoms with Crippen LogP contribution in [0.3, 0.4) is 0 Å². The van der Waals surface area contributed by atoms with Crippen LogP contribution >= 0.6 is 0 Å².